The van der Waals surface area contributed by atoms with Gasteiger partial charge in [-0.2, -0.15) is 0 Å². The van der Waals surface area contributed by atoms with Crippen LogP contribution in [0.3, 0.4) is 0 Å². The van der Waals surface area contributed by atoms with Crippen molar-refractivity contribution in [2.45, 2.75) is 19.0 Å². The molecule has 1 N–H and O–H groups in total. The van der Waals surface area contributed by atoms with Crippen molar-refractivity contribution in [3.8, 4) is 22.5 Å². The molecule has 1 aromatic carbocycles. The molecule has 0 fully saturated rings. The third-order valence-corrected chi connectivity index (χ3v) is 8.72. The van der Waals surface area contributed by atoms with E-state index in [0.29, 0.717) is 16.5 Å². The Hall–Kier alpha value is -3.48. The molecule has 0 unspecified atom stereocenters. The van der Waals surface area contributed by atoms with Crippen LogP contribution in [-0.2, 0) is 21.3 Å². The number of thioether (sulfide) groups is 1. The van der Waals surface area contributed by atoms with Crippen molar-refractivity contribution in [2.75, 3.05) is 25.3 Å². The lowest BCUT2D eigenvalue weighted by Crippen LogP contribution is -2.16. The number of benzene rings is 1. The number of esters is 2. The molecular formula is C25H24N4O5S3. The third kappa shape index (κ3) is 5.31. The third-order valence-electron chi connectivity index (χ3n) is 5.61. The number of carbonyl (C=O) groups is 3. The smallest absolute Gasteiger partial charge is 0.348 e. The molecule has 3 heterocycles. The van der Waals surface area contributed by atoms with E-state index in [1.54, 1.807) is 18.3 Å². The van der Waals surface area contributed by atoms with E-state index in [0.717, 1.165) is 28.0 Å². The van der Waals surface area contributed by atoms with E-state index < -0.39 is 11.9 Å². The molecule has 192 valence electrons. The fraction of sp³-hybridized carbons (Fsp3) is 0.240. The van der Waals surface area contributed by atoms with Gasteiger partial charge in [-0.3, -0.25) is 4.79 Å². The topological polar surface area (TPSA) is 112 Å². The number of hydrogen-bond donors (Lipinski definition) is 1. The molecule has 9 nitrogen and oxygen atoms in total. The maximum absolute atomic E-state index is 12.8. The number of thiophene rings is 2. The summed E-state index contributed by atoms with van der Waals surface area (Å²) in [7, 11) is 4.35. The van der Waals surface area contributed by atoms with Gasteiger partial charge in [-0.05, 0) is 25.0 Å². The first-order chi connectivity index (χ1) is 17.8. The van der Waals surface area contributed by atoms with E-state index >= 15 is 0 Å². The van der Waals surface area contributed by atoms with Gasteiger partial charge >= 0.3 is 11.9 Å². The number of amides is 1. The van der Waals surface area contributed by atoms with Gasteiger partial charge in [0.15, 0.2) is 11.0 Å². The van der Waals surface area contributed by atoms with Crippen LogP contribution in [0, 0.1) is 13.8 Å². The second-order valence-electron chi connectivity index (χ2n) is 7.89. The molecule has 0 aliphatic rings. The van der Waals surface area contributed by atoms with Crippen molar-refractivity contribution in [2.24, 2.45) is 7.05 Å². The predicted molar refractivity (Wildman–Crippen MR) is 146 cm³/mol. The van der Waals surface area contributed by atoms with E-state index in [1.807, 2.05) is 29.8 Å². The molecule has 0 bridgehead atoms. The molecule has 1 amide bonds. The average Bonchev–Trinajstić information content (AvgIpc) is 3.56. The Kier molecular flexibility index (Phi) is 8.10. The Morgan fingerprint density at radius 1 is 1.05 bits per heavy atom. The monoisotopic (exact) mass is 556 g/mol. The van der Waals surface area contributed by atoms with Gasteiger partial charge in [0.25, 0.3) is 0 Å². The van der Waals surface area contributed by atoms with Crippen molar-refractivity contribution in [3.05, 3.63) is 56.6 Å². The molecular weight excluding hydrogens is 532 g/mol. The first-order valence-electron chi connectivity index (χ1n) is 11.0. The fourth-order valence-electron chi connectivity index (χ4n) is 3.79. The van der Waals surface area contributed by atoms with Crippen LogP contribution >= 0.6 is 34.4 Å². The Balaban J connectivity index is 1.52. The van der Waals surface area contributed by atoms with Crippen molar-refractivity contribution in [1.82, 2.24) is 14.8 Å². The minimum atomic E-state index is -0.648. The van der Waals surface area contributed by atoms with E-state index in [-0.39, 0.29) is 27.1 Å². The highest BCUT2D eigenvalue weighted by Crippen LogP contribution is 2.39. The van der Waals surface area contributed by atoms with Crippen molar-refractivity contribution < 1.29 is 23.9 Å². The van der Waals surface area contributed by atoms with Crippen molar-refractivity contribution in [3.63, 3.8) is 0 Å². The molecule has 0 spiro atoms. The Morgan fingerprint density at radius 3 is 2.43 bits per heavy atom. The summed E-state index contributed by atoms with van der Waals surface area (Å²) in [4.78, 5) is 38.6. The van der Waals surface area contributed by atoms with Crippen LogP contribution in [0.2, 0.25) is 0 Å². The van der Waals surface area contributed by atoms with Crippen molar-refractivity contribution in [1.29, 1.82) is 0 Å². The van der Waals surface area contributed by atoms with Gasteiger partial charge in [0, 0.05) is 28.4 Å². The minimum absolute atomic E-state index is 0.0191. The minimum Gasteiger partial charge on any atom is -0.465 e. The van der Waals surface area contributed by atoms with E-state index in [9.17, 15) is 14.4 Å². The van der Waals surface area contributed by atoms with Crippen LogP contribution in [0.25, 0.3) is 22.5 Å². The molecule has 0 aliphatic carbocycles. The molecule has 0 atom stereocenters. The van der Waals surface area contributed by atoms with E-state index in [1.165, 1.54) is 30.9 Å². The lowest BCUT2D eigenvalue weighted by Gasteiger charge is -2.08. The number of rotatable bonds is 8. The number of anilines is 1. The van der Waals surface area contributed by atoms with Gasteiger partial charge in [-0.15, -0.1) is 32.9 Å². The summed E-state index contributed by atoms with van der Waals surface area (Å²) in [5.74, 6) is -0.882. The number of ether oxygens (including phenoxy) is 2. The van der Waals surface area contributed by atoms with E-state index in [4.69, 9.17) is 9.47 Å². The lowest BCUT2D eigenvalue weighted by molar-refractivity contribution is -0.113. The highest BCUT2D eigenvalue weighted by atomic mass is 32.2. The van der Waals surface area contributed by atoms with Gasteiger partial charge in [0.05, 0.1) is 25.5 Å². The molecule has 0 saturated carbocycles. The van der Waals surface area contributed by atoms with Gasteiger partial charge in [-0.1, -0.05) is 42.1 Å². The second-order valence-corrected chi connectivity index (χ2v) is 10.9. The Labute approximate surface area is 225 Å². The maximum Gasteiger partial charge on any atom is 0.348 e. The molecule has 4 rings (SSSR count). The summed E-state index contributed by atoms with van der Waals surface area (Å²) >= 11 is 3.84. The summed E-state index contributed by atoms with van der Waals surface area (Å²) in [6, 6.07) is 10.1. The largest absolute Gasteiger partial charge is 0.465 e. The number of hydrogen-bond acceptors (Lipinski definition) is 10. The Morgan fingerprint density at radius 2 is 1.76 bits per heavy atom. The highest BCUT2D eigenvalue weighted by molar-refractivity contribution is 7.99. The molecule has 0 radical (unpaired) electrons. The van der Waals surface area contributed by atoms with Crippen molar-refractivity contribution >= 4 is 57.3 Å². The first kappa shape index (κ1) is 26.6. The Bertz CT molecular complexity index is 1470. The quantitative estimate of drug-likeness (QED) is 0.233. The summed E-state index contributed by atoms with van der Waals surface area (Å²) in [6.45, 7) is 3.68. The number of methoxy groups -OCH3 is 2. The molecule has 37 heavy (non-hydrogen) atoms. The van der Waals surface area contributed by atoms with Gasteiger partial charge < -0.3 is 19.4 Å². The molecule has 0 aliphatic heterocycles. The highest BCUT2D eigenvalue weighted by Gasteiger charge is 2.27. The standard InChI is InChI=1S/C25H24N4O5S3/c1-13-18(23(31)33-4)22(37-20(13)24(32)34-5)26-17(30)12-36-25-28-27-21(29(25)3)16-11-35-14(2)19(16)15-9-7-6-8-10-15/h6-11H,12H2,1-5H3,(H,26,30). The lowest BCUT2D eigenvalue weighted by atomic mass is 10.0. The number of aromatic nitrogens is 3. The predicted octanol–water partition coefficient (Wildman–Crippen LogP) is 5.19. The van der Waals surface area contributed by atoms with Gasteiger partial charge in [0.2, 0.25) is 5.91 Å². The van der Waals surface area contributed by atoms with Crippen LogP contribution in [-0.4, -0.2) is 52.6 Å². The zero-order valence-electron chi connectivity index (χ0n) is 20.8. The number of nitrogens with one attached hydrogen (secondary N) is 1. The first-order valence-corrected chi connectivity index (χ1v) is 13.7. The SMILES string of the molecule is COC(=O)c1sc(NC(=O)CSc2nnc(-c3csc(C)c3-c3ccccc3)n2C)c(C(=O)OC)c1C. The zero-order valence-corrected chi connectivity index (χ0v) is 23.2. The van der Waals surface area contributed by atoms with Crippen LogP contribution in [0.4, 0.5) is 5.00 Å². The zero-order chi connectivity index (χ0) is 26.7. The normalized spacial score (nSPS) is 10.8. The maximum atomic E-state index is 12.8. The van der Waals surface area contributed by atoms with Gasteiger partial charge in [-0.25, -0.2) is 9.59 Å². The van der Waals surface area contributed by atoms with Crippen LogP contribution in [0.15, 0.2) is 40.9 Å². The summed E-state index contributed by atoms with van der Waals surface area (Å²) in [6.07, 6.45) is 0. The second kappa shape index (κ2) is 11.3. The summed E-state index contributed by atoms with van der Waals surface area (Å²) in [5.41, 5.74) is 3.72. The van der Waals surface area contributed by atoms with Crippen LogP contribution in [0.1, 0.15) is 30.5 Å². The molecule has 0 saturated heterocycles. The average molecular weight is 557 g/mol. The molecule has 12 heteroatoms. The number of nitrogens with zero attached hydrogens (tertiary/aromatic N) is 3. The summed E-state index contributed by atoms with van der Waals surface area (Å²) in [5, 5.41) is 14.3. The van der Waals surface area contributed by atoms with Crippen LogP contribution < -0.4 is 5.32 Å². The molecule has 4 aromatic rings. The van der Waals surface area contributed by atoms with E-state index in [2.05, 4.69) is 40.0 Å². The fourth-order valence-corrected chi connectivity index (χ4v) is 6.49. The summed E-state index contributed by atoms with van der Waals surface area (Å²) < 4.78 is 11.5. The van der Waals surface area contributed by atoms with Crippen LogP contribution in [0.5, 0.6) is 0 Å². The van der Waals surface area contributed by atoms with Gasteiger partial charge in [0.1, 0.15) is 9.88 Å². The molecule has 3 aromatic heterocycles. The number of aryl methyl sites for hydroxylation is 1. The number of carbonyl (C=O) groups excluding carboxylic acids is 3.